The summed E-state index contributed by atoms with van der Waals surface area (Å²) in [6.45, 7) is 0.257. The van der Waals surface area contributed by atoms with Gasteiger partial charge in [0.15, 0.2) is 0 Å². The number of rotatable bonds is 5. The number of carbonyl (C=O) groups is 3. The highest BCUT2D eigenvalue weighted by atomic mass is 16.5. The fourth-order valence-corrected chi connectivity index (χ4v) is 2.03. The van der Waals surface area contributed by atoms with Gasteiger partial charge in [0.25, 0.3) is 5.91 Å². The zero-order chi connectivity index (χ0) is 16.8. The highest BCUT2D eigenvalue weighted by Gasteiger charge is 2.16. The van der Waals surface area contributed by atoms with Crippen LogP contribution in [0.5, 0.6) is 0 Å². The largest absolute Gasteiger partial charge is 0.465 e. The number of nitrogens with two attached hydrogens (primary N) is 1. The Morgan fingerprint density at radius 3 is 2.17 bits per heavy atom. The van der Waals surface area contributed by atoms with E-state index in [4.69, 9.17) is 5.73 Å². The lowest BCUT2D eigenvalue weighted by Gasteiger charge is -2.09. The van der Waals surface area contributed by atoms with E-state index in [0.717, 1.165) is 5.56 Å². The lowest BCUT2D eigenvalue weighted by molar-refractivity contribution is 0.0596. The number of ether oxygens (including phenoxy) is 1. The molecule has 118 valence electrons. The van der Waals surface area contributed by atoms with Crippen LogP contribution in [0, 0.1) is 0 Å². The Labute approximate surface area is 133 Å². The van der Waals surface area contributed by atoms with E-state index >= 15 is 0 Å². The number of esters is 1. The maximum atomic E-state index is 12.2. The van der Waals surface area contributed by atoms with Gasteiger partial charge in [-0.15, -0.1) is 0 Å². The van der Waals surface area contributed by atoms with Gasteiger partial charge < -0.3 is 15.8 Å². The van der Waals surface area contributed by atoms with Gasteiger partial charge in [0.1, 0.15) is 0 Å². The van der Waals surface area contributed by atoms with Gasteiger partial charge in [0, 0.05) is 12.1 Å². The first-order chi connectivity index (χ1) is 11.0. The van der Waals surface area contributed by atoms with E-state index in [9.17, 15) is 14.4 Å². The molecule has 2 aromatic carbocycles. The van der Waals surface area contributed by atoms with Crippen LogP contribution in [-0.4, -0.2) is 24.9 Å². The molecule has 0 saturated heterocycles. The van der Waals surface area contributed by atoms with Gasteiger partial charge in [-0.25, -0.2) is 4.79 Å². The van der Waals surface area contributed by atoms with Crippen molar-refractivity contribution in [3.05, 3.63) is 70.8 Å². The average molecular weight is 312 g/mol. The zero-order valence-corrected chi connectivity index (χ0v) is 12.5. The Morgan fingerprint density at radius 2 is 1.61 bits per heavy atom. The van der Waals surface area contributed by atoms with Gasteiger partial charge >= 0.3 is 5.97 Å². The Bertz CT molecular complexity index is 739. The molecular formula is C17H16N2O4. The molecule has 0 aliphatic carbocycles. The number of benzene rings is 2. The molecule has 6 nitrogen and oxygen atoms in total. The van der Waals surface area contributed by atoms with Crippen molar-refractivity contribution in [1.82, 2.24) is 5.32 Å². The number of hydrogen-bond donors (Lipinski definition) is 2. The lowest BCUT2D eigenvalue weighted by Crippen LogP contribution is -2.25. The minimum atomic E-state index is -0.568. The molecule has 23 heavy (non-hydrogen) atoms. The zero-order valence-electron chi connectivity index (χ0n) is 12.5. The number of hydrogen-bond acceptors (Lipinski definition) is 4. The standard InChI is InChI=1S/C17H16N2O4/c1-23-17(22)14-5-3-2-4-13(14)16(21)19-10-11-6-8-12(9-7-11)15(18)20/h2-9H,10H2,1H3,(H2,18,20)(H,19,21). The second-order valence-electron chi connectivity index (χ2n) is 4.78. The third-order valence-corrected chi connectivity index (χ3v) is 3.27. The summed E-state index contributed by atoms with van der Waals surface area (Å²) in [4.78, 5) is 34.9. The minimum absolute atomic E-state index is 0.205. The first kappa shape index (κ1) is 16.2. The molecule has 0 atom stereocenters. The molecule has 0 fully saturated rings. The van der Waals surface area contributed by atoms with Crippen LogP contribution in [0.2, 0.25) is 0 Å². The molecule has 0 spiro atoms. The van der Waals surface area contributed by atoms with E-state index in [0.29, 0.717) is 5.56 Å². The van der Waals surface area contributed by atoms with Crippen LogP contribution in [0.3, 0.4) is 0 Å². The molecule has 3 N–H and O–H groups in total. The maximum Gasteiger partial charge on any atom is 0.338 e. The van der Waals surface area contributed by atoms with Crippen LogP contribution in [0.1, 0.15) is 36.6 Å². The highest BCUT2D eigenvalue weighted by molar-refractivity contribution is 6.05. The molecule has 0 unspecified atom stereocenters. The first-order valence-corrected chi connectivity index (χ1v) is 6.87. The second kappa shape index (κ2) is 7.22. The van der Waals surface area contributed by atoms with Gasteiger partial charge in [0.05, 0.1) is 18.2 Å². The first-order valence-electron chi connectivity index (χ1n) is 6.87. The maximum absolute atomic E-state index is 12.2. The van der Waals surface area contributed by atoms with Crippen LogP contribution in [0.15, 0.2) is 48.5 Å². The van der Waals surface area contributed by atoms with Crippen molar-refractivity contribution in [3.63, 3.8) is 0 Å². The molecule has 0 aromatic heterocycles. The third kappa shape index (κ3) is 3.94. The summed E-state index contributed by atoms with van der Waals surface area (Å²) in [5.41, 5.74) is 6.82. The van der Waals surface area contributed by atoms with Crippen molar-refractivity contribution in [2.75, 3.05) is 7.11 Å². The number of amides is 2. The summed E-state index contributed by atoms with van der Waals surface area (Å²) in [6, 6.07) is 13.0. The summed E-state index contributed by atoms with van der Waals surface area (Å²) in [5, 5.41) is 2.72. The van der Waals surface area contributed by atoms with Crippen LogP contribution in [0.25, 0.3) is 0 Å². The van der Waals surface area contributed by atoms with Crippen molar-refractivity contribution >= 4 is 17.8 Å². The van der Waals surface area contributed by atoms with E-state index in [2.05, 4.69) is 10.1 Å². The van der Waals surface area contributed by atoms with Crippen LogP contribution >= 0.6 is 0 Å². The summed E-state index contributed by atoms with van der Waals surface area (Å²) in [7, 11) is 1.26. The Kier molecular flexibility index (Phi) is 5.09. The van der Waals surface area contributed by atoms with Crippen LogP contribution in [-0.2, 0) is 11.3 Å². The summed E-state index contributed by atoms with van der Waals surface area (Å²) in [6.07, 6.45) is 0. The highest BCUT2D eigenvalue weighted by Crippen LogP contribution is 2.11. The molecule has 0 aliphatic rings. The van der Waals surface area contributed by atoms with Crippen molar-refractivity contribution in [2.24, 2.45) is 5.73 Å². The monoisotopic (exact) mass is 312 g/mol. The van der Waals surface area contributed by atoms with Gasteiger partial charge in [-0.1, -0.05) is 24.3 Å². The fraction of sp³-hybridized carbons (Fsp3) is 0.118. The molecule has 0 bridgehead atoms. The number of primary amides is 1. The van der Waals surface area contributed by atoms with Gasteiger partial charge in [-0.05, 0) is 29.8 Å². The molecule has 2 rings (SSSR count). The summed E-state index contributed by atoms with van der Waals surface area (Å²) < 4.78 is 4.66. The number of nitrogens with one attached hydrogen (secondary N) is 1. The number of carbonyl (C=O) groups excluding carboxylic acids is 3. The molecule has 0 saturated carbocycles. The molecule has 0 aliphatic heterocycles. The van der Waals surface area contributed by atoms with E-state index in [1.54, 1.807) is 42.5 Å². The van der Waals surface area contributed by atoms with Crippen LogP contribution in [0.4, 0.5) is 0 Å². The predicted molar refractivity (Wildman–Crippen MR) is 83.9 cm³/mol. The van der Waals surface area contributed by atoms with E-state index in [1.807, 2.05) is 0 Å². The molecule has 2 amide bonds. The molecular weight excluding hydrogens is 296 g/mol. The topological polar surface area (TPSA) is 98.5 Å². The van der Waals surface area contributed by atoms with E-state index < -0.39 is 11.9 Å². The Hall–Kier alpha value is -3.15. The average Bonchev–Trinajstić information content (AvgIpc) is 2.59. The van der Waals surface area contributed by atoms with Gasteiger partial charge in [-0.3, -0.25) is 9.59 Å². The van der Waals surface area contributed by atoms with Crippen molar-refractivity contribution in [1.29, 1.82) is 0 Å². The minimum Gasteiger partial charge on any atom is -0.465 e. The van der Waals surface area contributed by atoms with Crippen molar-refractivity contribution in [2.45, 2.75) is 6.54 Å². The third-order valence-electron chi connectivity index (χ3n) is 3.27. The quantitative estimate of drug-likeness (QED) is 0.817. The fourth-order valence-electron chi connectivity index (χ4n) is 2.03. The molecule has 2 aromatic rings. The van der Waals surface area contributed by atoms with Crippen molar-refractivity contribution < 1.29 is 19.1 Å². The lowest BCUT2D eigenvalue weighted by atomic mass is 10.1. The molecule has 0 radical (unpaired) electrons. The molecule has 0 heterocycles. The molecule has 6 heteroatoms. The Morgan fingerprint density at radius 1 is 1.00 bits per heavy atom. The summed E-state index contributed by atoms with van der Waals surface area (Å²) >= 11 is 0. The summed E-state index contributed by atoms with van der Waals surface area (Å²) in [5.74, 6) is -1.46. The number of methoxy groups -OCH3 is 1. The van der Waals surface area contributed by atoms with Crippen molar-refractivity contribution in [3.8, 4) is 0 Å². The van der Waals surface area contributed by atoms with E-state index in [1.165, 1.54) is 13.2 Å². The van der Waals surface area contributed by atoms with E-state index in [-0.39, 0.29) is 23.6 Å². The SMILES string of the molecule is COC(=O)c1ccccc1C(=O)NCc1ccc(C(N)=O)cc1. The van der Waals surface area contributed by atoms with Gasteiger partial charge in [0.2, 0.25) is 5.91 Å². The smallest absolute Gasteiger partial charge is 0.338 e. The van der Waals surface area contributed by atoms with Crippen LogP contribution < -0.4 is 11.1 Å². The van der Waals surface area contributed by atoms with Gasteiger partial charge in [-0.2, -0.15) is 0 Å². The predicted octanol–water partition coefficient (Wildman–Crippen LogP) is 1.50. The Balaban J connectivity index is 2.08. The normalized spacial score (nSPS) is 9.96. The second-order valence-corrected chi connectivity index (χ2v) is 4.78.